The molecule has 0 aliphatic heterocycles. The summed E-state index contributed by atoms with van der Waals surface area (Å²) < 4.78 is 5.27. The van der Waals surface area contributed by atoms with Crippen molar-refractivity contribution in [2.45, 2.75) is 106 Å². The second-order valence-electron chi connectivity index (χ2n) is 15.0. The summed E-state index contributed by atoms with van der Waals surface area (Å²) in [6.45, 7) is 19.2. The zero-order valence-electron chi connectivity index (χ0n) is 23.5. The first-order chi connectivity index (χ1) is 16.3. The Hall–Kier alpha value is -1.12. The van der Waals surface area contributed by atoms with E-state index in [0.717, 1.165) is 32.1 Å². The number of carbonyl (C=O) groups is 2. The predicted octanol–water partition coefficient (Wildman–Crippen LogP) is 7.63. The van der Waals surface area contributed by atoms with E-state index < -0.39 is 0 Å². The summed E-state index contributed by atoms with van der Waals surface area (Å²) in [5.41, 5.74) is 1.97. The summed E-state index contributed by atoms with van der Waals surface area (Å²) >= 11 is 0. The molecular weight excluding hydrogens is 432 g/mol. The van der Waals surface area contributed by atoms with E-state index in [1.807, 2.05) is 0 Å². The van der Waals surface area contributed by atoms with E-state index in [4.69, 9.17) is 4.74 Å². The van der Waals surface area contributed by atoms with Gasteiger partial charge in [0.2, 0.25) is 0 Å². The topological polar surface area (TPSA) is 43.4 Å². The van der Waals surface area contributed by atoms with Crippen molar-refractivity contribution in [3.05, 3.63) is 12.2 Å². The van der Waals surface area contributed by atoms with Gasteiger partial charge in [0.15, 0.2) is 0 Å². The number of allylic oxidation sites excluding steroid dienone is 1. The SMILES string of the molecule is C=C(C)C1CCC2(C=O)CC[C@]3(C)C(CCC4[C@@]5(C)CCC(C(=O)OC)C(C)(C)C5CC[C@]43C)C12. The Bertz CT molecular complexity index is 920. The van der Waals surface area contributed by atoms with E-state index in [9.17, 15) is 9.59 Å². The molecule has 5 saturated carbocycles. The molecule has 0 aromatic heterocycles. The molecule has 5 aliphatic carbocycles. The Morgan fingerprint density at radius 3 is 2.20 bits per heavy atom. The first kappa shape index (κ1) is 25.5. The van der Waals surface area contributed by atoms with Crippen LogP contribution in [0.2, 0.25) is 0 Å². The van der Waals surface area contributed by atoms with Gasteiger partial charge in [-0.3, -0.25) is 4.79 Å². The third kappa shape index (κ3) is 3.08. The molecule has 196 valence electrons. The van der Waals surface area contributed by atoms with Crippen LogP contribution in [0.4, 0.5) is 0 Å². The number of rotatable bonds is 3. The summed E-state index contributed by atoms with van der Waals surface area (Å²) in [6.07, 6.45) is 12.9. The number of aldehydes is 1. The van der Waals surface area contributed by atoms with Gasteiger partial charge in [-0.1, -0.05) is 46.8 Å². The van der Waals surface area contributed by atoms with Crippen LogP contribution in [0.1, 0.15) is 106 Å². The highest BCUT2D eigenvalue weighted by Crippen LogP contribution is 2.77. The average molecular weight is 483 g/mol. The van der Waals surface area contributed by atoms with Crippen molar-refractivity contribution in [1.29, 1.82) is 0 Å². The van der Waals surface area contributed by atoms with Crippen molar-refractivity contribution in [2.24, 2.45) is 62.6 Å². The quantitative estimate of drug-likeness (QED) is 0.236. The molecular formula is C32H50O3. The largest absolute Gasteiger partial charge is 0.469 e. The summed E-state index contributed by atoms with van der Waals surface area (Å²) in [5, 5.41) is 0. The van der Waals surface area contributed by atoms with E-state index in [2.05, 4.69) is 48.1 Å². The Labute approximate surface area is 214 Å². The first-order valence-corrected chi connectivity index (χ1v) is 14.5. The Morgan fingerprint density at radius 1 is 0.857 bits per heavy atom. The second kappa shape index (κ2) is 7.94. The van der Waals surface area contributed by atoms with Gasteiger partial charge in [-0.25, -0.2) is 0 Å². The van der Waals surface area contributed by atoms with Gasteiger partial charge >= 0.3 is 5.97 Å². The number of fused-ring (bicyclic) bond motifs is 7. The number of methoxy groups -OCH3 is 1. The van der Waals surface area contributed by atoms with E-state index in [-0.39, 0.29) is 39.0 Å². The molecule has 0 amide bonds. The van der Waals surface area contributed by atoms with Crippen LogP contribution in [0.3, 0.4) is 0 Å². The highest BCUT2D eigenvalue weighted by molar-refractivity contribution is 5.73. The normalized spacial score (nSPS) is 52.3. The van der Waals surface area contributed by atoms with Crippen LogP contribution in [0.25, 0.3) is 0 Å². The van der Waals surface area contributed by atoms with Crippen molar-refractivity contribution in [3.63, 3.8) is 0 Å². The zero-order valence-corrected chi connectivity index (χ0v) is 23.5. The summed E-state index contributed by atoms with van der Waals surface area (Å²) in [5.74, 6) is 2.84. The number of hydrogen-bond acceptors (Lipinski definition) is 3. The van der Waals surface area contributed by atoms with Gasteiger partial charge in [0.25, 0.3) is 0 Å². The smallest absolute Gasteiger partial charge is 0.309 e. The fraction of sp³-hybridized carbons (Fsp3) is 0.875. The lowest BCUT2D eigenvalue weighted by Gasteiger charge is -2.72. The molecule has 0 spiro atoms. The summed E-state index contributed by atoms with van der Waals surface area (Å²) in [6, 6.07) is 0. The molecule has 35 heavy (non-hydrogen) atoms. The van der Waals surface area contributed by atoms with Crippen LogP contribution in [0.5, 0.6) is 0 Å². The third-order valence-electron chi connectivity index (χ3n) is 13.9. The van der Waals surface area contributed by atoms with Gasteiger partial charge in [-0.2, -0.15) is 0 Å². The number of ether oxygens (including phenoxy) is 1. The third-order valence-corrected chi connectivity index (χ3v) is 13.9. The maximum atomic E-state index is 12.7. The second-order valence-corrected chi connectivity index (χ2v) is 15.0. The maximum absolute atomic E-state index is 12.7. The fourth-order valence-corrected chi connectivity index (χ4v) is 12.0. The van der Waals surface area contributed by atoms with Crippen molar-refractivity contribution in [2.75, 3.05) is 7.11 Å². The van der Waals surface area contributed by atoms with Crippen molar-refractivity contribution >= 4 is 12.3 Å². The number of carbonyl (C=O) groups excluding carboxylic acids is 2. The molecule has 5 rings (SSSR count). The van der Waals surface area contributed by atoms with Crippen molar-refractivity contribution < 1.29 is 14.3 Å². The van der Waals surface area contributed by atoms with Crippen LogP contribution in [-0.2, 0) is 14.3 Å². The van der Waals surface area contributed by atoms with E-state index in [0.29, 0.717) is 29.6 Å². The van der Waals surface area contributed by atoms with Crippen LogP contribution in [0.15, 0.2) is 12.2 Å². The molecule has 0 radical (unpaired) electrons. The summed E-state index contributed by atoms with van der Waals surface area (Å²) in [7, 11) is 1.55. The molecule has 0 bridgehead atoms. The van der Waals surface area contributed by atoms with E-state index in [1.165, 1.54) is 44.0 Å². The molecule has 0 heterocycles. The van der Waals surface area contributed by atoms with Crippen LogP contribution < -0.4 is 0 Å². The van der Waals surface area contributed by atoms with Gasteiger partial charge < -0.3 is 9.53 Å². The van der Waals surface area contributed by atoms with Gasteiger partial charge in [0.1, 0.15) is 6.29 Å². The number of esters is 1. The van der Waals surface area contributed by atoms with E-state index in [1.54, 1.807) is 7.11 Å². The molecule has 3 heteroatoms. The van der Waals surface area contributed by atoms with Crippen LogP contribution in [0, 0.1) is 62.6 Å². The maximum Gasteiger partial charge on any atom is 0.309 e. The van der Waals surface area contributed by atoms with Crippen molar-refractivity contribution in [1.82, 2.24) is 0 Å². The molecule has 3 nitrogen and oxygen atoms in total. The van der Waals surface area contributed by atoms with E-state index >= 15 is 0 Å². The Kier molecular flexibility index (Phi) is 5.79. The highest BCUT2D eigenvalue weighted by Gasteiger charge is 2.71. The highest BCUT2D eigenvalue weighted by atomic mass is 16.5. The van der Waals surface area contributed by atoms with Gasteiger partial charge in [-0.15, -0.1) is 0 Å². The molecule has 10 atom stereocenters. The molecule has 5 fully saturated rings. The minimum absolute atomic E-state index is 0.00870. The van der Waals surface area contributed by atoms with Crippen LogP contribution >= 0.6 is 0 Å². The monoisotopic (exact) mass is 482 g/mol. The van der Waals surface area contributed by atoms with Crippen LogP contribution in [-0.4, -0.2) is 19.4 Å². The lowest BCUT2D eigenvalue weighted by Crippen LogP contribution is -2.66. The molecule has 0 N–H and O–H groups in total. The van der Waals surface area contributed by atoms with Gasteiger partial charge in [0.05, 0.1) is 13.0 Å². The lowest BCUT2D eigenvalue weighted by molar-refractivity contribution is -0.241. The molecule has 7 unspecified atom stereocenters. The molecule has 5 aliphatic rings. The predicted molar refractivity (Wildman–Crippen MR) is 141 cm³/mol. The number of hydrogen-bond donors (Lipinski definition) is 0. The Balaban J connectivity index is 1.52. The minimum atomic E-state index is -0.112. The molecule has 0 aromatic carbocycles. The van der Waals surface area contributed by atoms with Gasteiger partial charge in [0, 0.05) is 5.41 Å². The standard InChI is InChI=1S/C32H50O3/c1-20(2)21-11-16-32(19-33)18-17-30(6)22(26(21)32)9-10-25-29(5)14-12-23(27(34)35-8)28(3,4)24(29)13-15-31(25,30)7/h19,21-26H,1,9-18H2,2-8H3/t21?,22?,23?,24?,25?,26?,29-,30+,31+,32?/m0/s1. The average Bonchev–Trinajstić information content (AvgIpc) is 3.19. The molecule has 0 aromatic rings. The Morgan fingerprint density at radius 2 is 1.57 bits per heavy atom. The van der Waals surface area contributed by atoms with Gasteiger partial charge in [-0.05, 0) is 122 Å². The minimum Gasteiger partial charge on any atom is -0.469 e. The lowest BCUT2D eigenvalue weighted by atomic mass is 9.32. The fourth-order valence-electron chi connectivity index (χ4n) is 12.0. The first-order valence-electron chi connectivity index (χ1n) is 14.5. The zero-order chi connectivity index (χ0) is 25.6. The summed E-state index contributed by atoms with van der Waals surface area (Å²) in [4.78, 5) is 25.4. The molecule has 0 saturated heterocycles. The van der Waals surface area contributed by atoms with Crippen molar-refractivity contribution in [3.8, 4) is 0 Å².